The highest BCUT2D eigenvalue weighted by Crippen LogP contribution is 2.22. The van der Waals surface area contributed by atoms with E-state index < -0.39 is 6.29 Å². The van der Waals surface area contributed by atoms with Gasteiger partial charge in [-0.2, -0.15) is 0 Å². The van der Waals surface area contributed by atoms with Gasteiger partial charge in [-0.05, 0) is 37.0 Å². The molecule has 4 nitrogen and oxygen atoms in total. The molecule has 0 saturated carbocycles. The minimum Gasteiger partial charge on any atom is -0.455 e. The third kappa shape index (κ3) is 13.0. The first kappa shape index (κ1) is 32.9. The zero-order valence-corrected chi connectivity index (χ0v) is 25.6. The van der Waals surface area contributed by atoms with E-state index in [2.05, 4.69) is 59.1 Å². The smallest absolute Gasteiger partial charge is 0.368 e. The van der Waals surface area contributed by atoms with Crippen LogP contribution in [-0.4, -0.2) is 36.9 Å². The fourth-order valence-electron chi connectivity index (χ4n) is 5.40. The third-order valence-corrected chi connectivity index (χ3v) is 7.72. The summed E-state index contributed by atoms with van der Waals surface area (Å²) in [6.07, 6.45) is 16.4. The van der Waals surface area contributed by atoms with Gasteiger partial charge in [-0.3, -0.25) is 0 Å². The molecule has 2 rings (SSSR count). The molecule has 4 heteroatoms. The Hall–Kier alpha value is -2.33. The number of likely N-dealkylation sites (N-methyl/N-ethyl adjacent to an activating group) is 1. The molecule has 0 N–H and O–H groups in total. The van der Waals surface area contributed by atoms with Gasteiger partial charge in [0.15, 0.2) is 6.04 Å². The summed E-state index contributed by atoms with van der Waals surface area (Å²) in [6.45, 7) is 7.19. The molecule has 2 atom stereocenters. The number of carbonyl (C=O) groups is 1. The van der Waals surface area contributed by atoms with Gasteiger partial charge in [0.2, 0.25) is 6.29 Å². The van der Waals surface area contributed by atoms with Crippen LogP contribution in [0.5, 0.6) is 5.75 Å². The number of quaternary nitrogens is 1. The molecular formula is C35H56NO3+. The van der Waals surface area contributed by atoms with Gasteiger partial charge in [0.05, 0.1) is 14.1 Å². The lowest BCUT2D eigenvalue weighted by Gasteiger charge is -2.36. The van der Waals surface area contributed by atoms with Crippen LogP contribution < -0.4 is 4.74 Å². The largest absolute Gasteiger partial charge is 0.455 e. The van der Waals surface area contributed by atoms with Crippen LogP contribution in [0, 0.1) is 0 Å². The zero-order valence-electron chi connectivity index (χ0n) is 25.6. The predicted molar refractivity (Wildman–Crippen MR) is 164 cm³/mol. The van der Waals surface area contributed by atoms with Crippen LogP contribution in [0.2, 0.25) is 0 Å². The molecule has 2 unspecified atom stereocenters. The molecule has 0 saturated heterocycles. The molecule has 0 amide bonds. The van der Waals surface area contributed by atoms with Gasteiger partial charge in [0, 0.05) is 18.4 Å². The molecule has 0 aliphatic heterocycles. The second-order valence-electron chi connectivity index (χ2n) is 11.7. The Morgan fingerprint density at radius 1 is 0.718 bits per heavy atom. The fraction of sp³-hybridized carbons (Fsp3) is 0.629. The van der Waals surface area contributed by atoms with Crippen LogP contribution in [0.1, 0.15) is 115 Å². The lowest BCUT2D eigenvalue weighted by atomic mass is 10.0. The Balaban J connectivity index is 1.79. The maximum Gasteiger partial charge on any atom is 0.368 e. The molecule has 0 bridgehead atoms. The average Bonchev–Trinajstić information content (AvgIpc) is 2.91. The van der Waals surface area contributed by atoms with Crippen molar-refractivity contribution in [1.29, 1.82) is 0 Å². The normalized spacial score (nSPS) is 13.2. The highest BCUT2D eigenvalue weighted by molar-refractivity contribution is 5.74. The standard InChI is InChI=1S/C35H56NO3/c1-6-9-10-11-12-13-14-15-16-18-22-30-25-27-32(28-26-30)38-34(21-7-2)39-35(37)33(8-3)36(4,5)29-31-23-19-17-20-24-31/h17,19-20,23-28,33-34H,6-16,18,21-22,29H2,1-5H3/q+1. The van der Waals surface area contributed by atoms with Crippen molar-refractivity contribution >= 4 is 5.97 Å². The van der Waals surface area contributed by atoms with E-state index in [4.69, 9.17) is 9.47 Å². The number of nitrogens with zero attached hydrogens (tertiary/aromatic N) is 1. The Labute approximate surface area is 239 Å². The number of ether oxygens (including phenoxy) is 2. The topological polar surface area (TPSA) is 35.5 Å². The first-order chi connectivity index (χ1) is 18.9. The number of aryl methyl sites for hydroxylation is 1. The van der Waals surface area contributed by atoms with Crippen LogP contribution in [0.4, 0.5) is 0 Å². The average molecular weight is 539 g/mol. The summed E-state index contributed by atoms with van der Waals surface area (Å²) < 4.78 is 12.7. The highest BCUT2D eigenvalue weighted by atomic mass is 16.7. The van der Waals surface area contributed by atoms with Crippen LogP contribution in [0.25, 0.3) is 0 Å². The van der Waals surface area contributed by atoms with Crippen molar-refractivity contribution in [1.82, 2.24) is 0 Å². The van der Waals surface area contributed by atoms with Crippen molar-refractivity contribution < 1.29 is 18.8 Å². The Morgan fingerprint density at radius 3 is 1.87 bits per heavy atom. The zero-order chi connectivity index (χ0) is 28.3. The van der Waals surface area contributed by atoms with E-state index >= 15 is 0 Å². The van der Waals surface area contributed by atoms with Gasteiger partial charge in [-0.15, -0.1) is 0 Å². The third-order valence-electron chi connectivity index (χ3n) is 7.72. The van der Waals surface area contributed by atoms with Gasteiger partial charge in [0.25, 0.3) is 0 Å². The van der Waals surface area contributed by atoms with E-state index in [0.29, 0.717) is 17.3 Å². The molecule has 0 fully saturated rings. The van der Waals surface area contributed by atoms with Gasteiger partial charge < -0.3 is 14.0 Å². The lowest BCUT2D eigenvalue weighted by molar-refractivity contribution is -0.919. The maximum absolute atomic E-state index is 13.3. The second-order valence-corrected chi connectivity index (χ2v) is 11.7. The summed E-state index contributed by atoms with van der Waals surface area (Å²) in [5.74, 6) is 0.577. The number of carbonyl (C=O) groups excluding carboxylic acids is 1. The summed E-state index contributed by atoms with van der Waals surface area (Å²) in [5, 5.41) is 0. The number of rotatable bonds is 21. The molecule has 0 aliphatic rings. The van der Waals surface area contributed by atoms with Crippen molar-refractivity contribution in [3.8, 4) is 5.75 Å². The van der Waals surface area contributed by atoms with E-state index in [1.54, 1.807) is 0 Å². The van der Waals surface area contributed by atoms with E-state index in [1.807, 2.05) is 30.3 Å². The monoisotopic (exact) mass is 538 g/mol. The van der Waals surface area contributed by atoms with Crippen LogP contribution >= 0.6 is 0 Å². The summed E-state index contributed by atoms with van der Waals surface area (Å²) in [7, 11) is 4.21. The van der Waals surface area contributed by atoms with Crippen LogP contribution in [0.3, 0.4) is 0 Å². The summed E-state index contributed by atoms with van der Waals surface area (Å²) in [5.41, 5.74) is 2.56. The SMILES string of the molecule is CCCCCCCCCCCCc1ccc(OC(CCC)OC(=O)C(CC)[N+](C)(C)Cc2ccccc2)cc1. The molecular weight excluding hydrogens is 482 g/mol. The minimum atomic E-state index is -0.568. The summed E-state index contributed by atoms with van der Waals surface area (Å²) in [6, 6.07) is 18.4. The fourth-order valence-corrected chi connectivity index (χ4v) is 5.40. The Kier molecular flexibility index (Phi) is 15.9. The Morgan fingerprint density at radius 2 is 1.31 bits per heavy atom. The van der Waals surface area contributed by atoms with Crippen molar-refractivity contribution in [2.24, 2.45) is 0 Å². The van der Waals surface area contributed by atoms with Gasteiger partial charge in [-0.1, -0.05) is 121 Å². The first-order valence-electron chi connectivity index (χ1n) is 15.7. The molecule has 0 aromatic heterocycles. The van der Waals surface area contributed by atoms with Gasteiger partial charge >= 0.3 is 5.97 Å². The Bertz CT molecular complexity index is 894. The highest BCUT2D eigenvalue weighted by Gasteiger charge is 2.36. The van der Waals surface area contributed by atoms with Crippen molar-refractivity contribution in [2.45, 2.75) is 130 Å². The number of benzene rings is 2. The molecule has 2 aromatic rings. The first-order valence-corrected chi connectivity index (χ1v) is 15.7. The van der Waals surface area contributed by atoms with E-state index in [0.717, 1.165) is 25.1 Å². The van der Waals surface area contributed by atoms with Crippen molar-refractivity contribution in [3.05, 3.63) is 65.7 Å². The second kappa shape index (κ2) is 18.9. The minimum absolute atomic E-state index is 0.186. The predicted octanol–water partition coefficient (Wildman–Crippen LogP) is 9.25. The maximum atomic E-state index is 13.3. The quantitative estimate of drug-likeness (QED) is 0.0687. The van der Waals surface area contributed by atoms with Crippen molar-refractivity contribution in [2.75, 3.05) is 14.1 Å². The number of esters is 1. The molecule has 218 valence electrons. The number of unbranched alkanes of at least 4 members (excludes halogenated alkanes) is 9. The molecule has 2 aromatic carbocycles. The molecule has 0 spiro atoms. The number of hydrogen-bond donors (Lipinski definition) is 0. The van der Waals surface area contributed by atoms with Crippen molar-refractivity contribution in [3.63, 3.8) is 0 Å². The number of hydrogen-bond acceptors (Lipinski definition) is 3. The summed E-state index contributed by atoms with van der Waals surface area (Å²) >= 11 is 0. The van der Waals surface area contributed by atoms with E-state index in [9.17, 15) is 4.79 Å². The van der Waals surface area contributed by atoms with Crippen LogP contribution in [0.15, 0.2) is 54.6 Å². The van der Waals surface area contributed by atoms with E-state index in [1.165, 1.54) is 75.3 Å². The van der Waals surface area contributed by atoms with Gasteiger partial charge in [0.1, 0.15) is 12.3 Å². The molecule has 0 radical (unpaired) electrons. The lowest BCUT2D eigenvalue weighted by Crippen LogP contribution is -2.53. The summed E-state index contributed by atoms with van der Waals surface area (Å²) in [4.78, 5) is 13.3. The van der Waals surface area contributed by atoms with Gasteiger partial charge in [-0.25, -0.2) is 4.79 Å². The van der Waals surface area contributed by atoms with E-state index in [-0.39, 0.29) is 12.0 Å². The molecule has 0 aliphatic carbocycles. The van der Waals surface area contributed by atoms with Crippen LogP contribution in [-0.2, 0) is 22.5 Å². The molecule has 0 heterocycles. The molecule has 39 heavy (non-hydrogen) atoms.